The van der Waals surface area contributed by atoms with Crippen LogP contribution in [0.15, 0.2) is 29.4 Å². The number of rotatable bonds is 9. The number of thiazole rings is 1. The summed E-state index contributed by atoms with van der Waals surface area (Å²) in [6, 6.07) is 7.66. The molecule has 0 saturated carbocycles. The number of carbonyl (C=O) groups is 1. The second kappa shape index (κ2) is 10.3. The molecule has 1 amide bonds. The number of amides is 1. The van der Waals surface area contributed by atoms with Crippen molar-refractivity contribution in [3.63, 3.8) is 0 Å². The molecule has 3 aromatic rings. The summed E-state index contributed by atoms with van der Waals surface area (Å²) in [5, 5.41) is 13.0. The summed E-state index contributed by atoms with van der Waals surface area (Å²) in [6.45, 7) is 1.11. The number of thioether (sulfide) groups is 1. The van der Waals surface area contributed by atoms with Crippen LogP contribution >= 0.6 is 23.1 Å². The lowest BCUT2D eigenvalue weighted by Crippen LogP contribution is -2.15. The Kier molecular flexibility index (Phi) is 7.21. The fourth-order valence-corrected chi connectivity index (χ4v) is 5.25. The molecule has 2 aromatic heterocycles. The topological polar surface area (TPSA) is 91.2 Å². The molecule has 1 aromatic carbocycles. The largest absolute Gasteiger partial charge is 0.497 e. The summed E-state index contributed by atoms with van der Waals surface area (Å²) in [5.74, 6) is 1.65. The number of aromatic nitrogens is 4. The summed E-state index contributed by atoms with van der Waals surface area (Å²) in [6.07, 6.45) is 4.45. The first-order valence-corrected chi connectivity index (χ1v) is 12.0. The van der Waals surface area contributed by atoms with Gasteiger partial charge in [-0.1, -0.05) is 11.8 Å². The molecule has 0 bridgehead atoms. The monoisotopic (exact) mass is 459 g/mol. The third-order valence-corrected chi connectivity index (χ3v) is 7.05. The summed E-state index contributed by atoms with van der Waals surface area (Å²) in [4.78, 5) is 18.4. The van der Waals surface area contributed by atoms with Crippen molar-refractivity contribution in [2.24, 2.45) is 0 Å². The van der Waals surface area contributed by atoms with E-state index in [4.69, 9.17) is 9.47 Å². The fraction of sp³-hybridized carbons (Fsp3) is 0.429. The number of ether oxygens (including phenoxy) is 2. The predicted molar refractivity (Wildman–Crippen MR) is 122 cm³/mol. The molecule has 0 aliphatic heterocycles. The number of benzene rings is 1. The van der Waals surface area contributed by atoms with E-state index in [9.17, 15) is 4.79 Å². The van der Waals surface area contributed by atoms with Crippen LogP contribution < -0.4 is 10.1 Å². The molecule has 4 rings (SSSR count). The zero-order chi connectivity index (χ0) is 21.6. The highest BCUT2D eigenvalue weighted by molar-refractivity contribution is 7.99. The molecule has 0 fully saturated rings. The second-order valence-electron chi connectivity index (χ2n) is 7.11. The lowest BCUT2D eigenvalue weighted by atomic mass is 10.0. The van der Waals surface area contributed by atoms with Crippen LogP contribution in [-0.4, -0.2) is 52.2 Å². The maximum Gasteiger partial charge on any atom is 0.236 e. The number of nitrogens with zero attached hydrogens (tertiary/aromatic N) is 4. The number of anilines is 1. The fourth-order valence-electron chi connectivity index (χ4n) is 3.42. The maximum absolute atomic E-state index is 12.5. The number of fused-ring (bicyclic) bond motifs is 1. The zero-order valence-corrected chi connectivity index (χ0v) is 19.2. The Morgan fingerprint density at radius 2 is 2.00 bits per heavy atom. The quantitative estimate of drug-likeness (QED) is 0.488. The molecule has 0 unspecified atom stereocenters. The van der Waals surface area contributed by atoms with Gasteiger partial charge in [0.2, 0.25) is 5.91 Å². The van der Waals surface area contributed by atoms with E-state index in [1.54, 1.807) is 25.6 Å². The second-order valence-corrected chi connectivity index (χ2v) is 9.14. The Balaban J connectivity index is 1.43. The first kappa shape index (κ1) is 21.8. The normalized spacial score (nSPS) is 13.1. The number of aryl methyl sites for hydroxylation is 2. The summed E-state index contributed by atoms with van der Waals surface area (Å²) >= 11 is 2.95. The van der Waals surface area contributed by atoms with Gasteiger partial charge >= 0.3 is 0 Å². The predicted octanol–water partition coefficient (Wildman–Crippen LogP) is 3.67. The van der Waals surface area contributed by atoms with Gasteiger partial charge in [0, 0.05) is 17.6 Å². The van der Waals surface area contributed by atoms with Crippen molar-refractivity contribution in [3.8, 4) is 17.1 Å². The summed E-state index contributed by atoms with van der Waals surface area (Å²) in [5.41, 5.74) is 2.07. The first-order valence-electron chi connectivity index (χ1n) is 10.2. The van der Waals surface area contributed by atoms with Crippen LogP contribution in [0.4, 0.5) is 5.13 Å². The molecular formula is C21H25N5O3S2. The van der Waals surface area contributed by atoms with Crippen molar-refractivity contribution in [2.45, 2.75) is 37.4 Å². The SMILES string of the molecule is COCCn1c(SCC(=O)Nc2nc3c(s2)CCCC3)nnc1-c1ccc(OC)cc1. The van der Waals surface area contributed by atoms with Gasteiger partial charge in [0.25, 0.3) is 0 Å². The first-order chi connectivity index (χ1) is 15.2. The average molecular weight is 460 g/mol. The van der Waals surface area contributed by atoms with Gasteiger partial charge in [0.15, 0.2) is 16.1 Å². The Hall–Kier alpha value is -2.43. The minimum Gasteiger partial charge on any atom is -0.497 e. The van der Waals surface area contributed by atoms with Crippen molar-refractivity contribution in [2.75, 3.05) is 31.9 Å². The molecule has 0 saturated heterocycles. The Labute approximate surface area is 189 Å². The molecule has 8 nitrogen and oxygen atoms in total. The highest BCUT2D eigenvalue weighted by atomic mass is 32.2. The zero-order valence-electron chi connectivity index (χ0n) is 17.6. The van der Waals surface area contributed by atoms with Crippen molar-refractivity contribution in [3.05, 3.63) is 34.8 Å². The Bertz CT molecular complexity index is 1010. The molecule has 164 valence electrons. The van der Waals surface area contributed by atoms with Gasteiger partial charge in [-0.3, -0.25) is 9.36 Å². The van der Waals surface area contributed by atoms with Crippen molar-refractivity contribution in [1.29, 1.82) is 0 Å². The van der Waals surface area contributed by atoms with Crippen molar-refractivity contribution in [1.82, 2.24) is 19.7 Å². The van der Waals surface area contributed by atoms with Gasteiger partial charge in [-0.2, -0.15) is 0 Å². The number of methoxy groups -OCH3 is 2. The number of hydrogen-bond donors (Lipinski definition) is 1. The van der Waals surface area contributed by atoms with Gasteiger partial charge in [0.05, 0.1) is 31.7 Å². The maximum atomic E-state index is 12.5. The highest BCUT2D eigenvalue weighted by Crippen LogP contribution is 2.30. The smallest absolute Gasteiger partial charge is 0.236 e. The van der Waals surface area contributed by atoms with Gasteiger partial charge in [-0.05, 0) is 49.9 Å². The van der Waals surface area contributed by atoms with Crippen LogP contribution in [0.2, 0.25) is 0 Å². The van der Waals surface area contributed by atoms with E-state index in [0.29, 0.717) is 23.4 Å². The van der Waals surface area contributed by atoms with Gasteiger partial charge in [0.1, 0.15) is 5.75 Å². The van der Waals surface area contributed by atoms with Crippen LogP contribution in [0, 0.1) is 0 Å². The number of nitrogens with one attached hydrogen (secondary N) is 1. The number of hydrogen-bond acceptors (Lipinski definition) is 8. The van der Waals surface area contributed by atoms with E-state index in [0.717, 1.165) is 35.7 Å². The lowest BCUT2D eigenvalue weighted by molar-refractivity contribution is -0.113. The Morgan fingerprint density at radius 1 is 1.19 bits per heavy atom. The standard InChI is InChI=1S/C21H25N5O3S2/c1-28-12-11-26-19(14-7-9-15(29-2)10-8-14)24-25-21(26)30-13-18(27)23-20-22-16-5-3-4-6-17(16)31-20/h7-10H,3-6,11-13H2,1-2H3,(H,22,23,27). The lowest BCUT2D eigenvalue weighted by Gasteiger charge is -2.10. The van der Waals surface area contributed by atoms with E-state index in [-0.39, 0.29) is 11.7 Å². The van der Waals surface area contributed by atoms with Crippen molar-refractivity contribution < 1.29 is 14.3 Å². The summed E-state index contributed by atoms with van der Waals surface area (Å²) < 4.78 is 12.5. The van der Waals surface area contributed by atoms with E-state index in [2.05, 4.69) is 20.5 Å². The highest BCUT2D eigenvalue weighted by Gasteiger charge is 2.18. The van der Waals surface area contributed by atoms with E-state index >= 15 is 0 Å². The van der Waals surface area contributed by atoms with Crippen LogP contribution in [0.5, 0.6) is 5.75 Å². The van der Waals surface area contributed by atoms with Crippen LogP contribution in [-0.2, 0) is 28.9 Å². The molecule has 31 heavy (non-hydrogen) atoms. The molecule has 1 N–H and O–H groups in total. The summed E-state index contributed by atoms with van der Waals surface area (Å²) in [7, 11) is 3.29. The van der Waals surface area contributed by atoms with E-state index < -0.39 is 0 Å². The molecular weight excluding hydrogens is 434 g/mol. The molecule has 0 spiro atoms. The van der Waals surface area contributed by atoms with Crippen LogP contribution in [0.1, 0.15) is 23.4 Å². The molecule has 1 aliphatic carbocycles. The molecule has 10 heteroatoms. The average Bonchev–Trinajstić information content (AvgIpc) is 3.39. The molecule has 1 aliphatic rings. The van der Waals surface area contributed by atoms with E-state index in [1.807, 2.05) is 28.8 Å². The van der Waals surface area contributed by atoms with Gasteiger partial charge in [-0.25, -0.2) is 4.98 Å². The third-order valence-electron chi connectivity index (χ3n) is 5.01. The van der Waals surface area contributed by atoms with Crippen molar-refractivity contribution >= 4 is 34.1 Å². The van der Waals surface area contributed by atoms with Crippen LogP contribution in [0.3, 0.4) is 0 Å². The number of carbonyl (C=O) groups excluding carboxylic acids is 1. The van der Waals surface area contributed by atoms with Gasteiger partial charge in [-0.15, -0.1) is 21.5 Å². The molecule has 0 radical (unpaired) electrons. The minimum absolute atomic E-state index is 0.0941. The third kappa shape index (κ3) is 5.25. The van der Waals surface area contributed by atoms with Gasteiger partial charge < -0.3 is 14.8 Å². The Morgan fingerprint density at radius 3 is 2.74 bits per heavy atom. The minimum atomic E-state index is -0.0941. The van der Waals surface area contributed by atoms with E-state index in [1.165, 1.54) is 29.5 Å². The molecule has 2 heterocycles. The molecule has 0 atom stereocenters. The van der Waals surface area contributed by atoms with Crippen LogP contribution in [0.25, 0.3) is 11.4 Å².